The molecule has 0 unspecified atom stereocenters. The van der Waals surface area contributed by atoms with Crippen molar-refractivity contribution in [3.05, 3.63) is 5.82 Å². The van der Waals surface area contributed by atoms with Crippen LogP contribution in [0.5, 0.6) is 5.88 Å². The van der Waals surface area contributed by atoms with E-state index >= 15 is 0 Å². The van der Waals surface area contributed by atoms with E-state index in [0.717, 1.165) is 18.7 Å². The number of ether oxygens (including phenoxy) is 1. The molecule has 1 aromatic rings. The molecule has 0 bridgehead atoms. The fourth-order valence-corrected chi connectivity index (χ4v) is 1.25. The fourth-order valence-electron chi connectivity index (χ4n) is 1.25. The lowest BCUT2D eigenvalue weighted by atomic mass is 10.3. The molecule has 0 atom stereocenters. The van der Waals surface area contributed by atoms with Gasteiger partial charge in [0.2, 0.25) is 5.88 Å². The summed E-state index contributed by atoms with van der Waals surface area (Å²) >= 11 is 0. The van der Waals surface area contributed by atoms with E-state index in [0.29, 0.717) is 29.9 Å². The lowest BCUT2D eigenvalue weighted by molar-refractivity contribution is 0.327. The number of nitrogens with zero attached hydrogens (tertiary/aromatic N) is 2. The van der Waals surface area contributed by atoms with E-state index in [1.54, 1.807) is 0 Å². The molecule has 0 radical (unpaired) electrons. The number of hydrogen-bond acceptors (Lipinski definition) is 5. The van der Waals surface area contributed by atoms with Gasteiger partial charge in [-0.1, -0.05) is 0 Å². The average molecular weight is 194 g/mol. The summed E-state index contributed by atoms with van der Waals surface area (Å²) in [5, 5.41) is 0. The first-order valence-corrected chi connectivity index (χ1v) is 4.78. The van der Waals surface area contributed by atoms with Crippen molar-refractivity contribution in [2.45, 2.75) is 25.7 Å². The third-order valence-corrected chi connectivity index (χ3v) is 2.18. The van der Waals surface area contributed by atoms with E-state index in [-0.39, 0.29) is 0 Å². The molecule has 1 fully saturated rings. The molecule has 0 aromatic carbocycles. The van der Waals surface area contributed by atoms with E-state index in [4.69, 9.17) is 16.2 Å². The molecule has 1 aromatic heterocycles. The summed E-state index contributed by atoms with van der Waals surface area (Å²) in [5.41, 5.74) is 11.7. The highest BCUT2D eigenvalue weighted by Gasteiger charge is 2.28. The van der Waals surface area contributed by atoms with Gasteiger partial charge in [0.05, 0.1) is 6.61 Å². The molecule has 76 valence electrons. The van der Waals surface area contributed by atoms with Crippen LogP contribution in [0.2, 0.25) is 0 Å². The smallest absolute Gasteiger partial charge is 0.242 e. The van der Waals surface area contributed by atoms with Crippen LogP contribution in [-0.4, -0.2) is 16.6 Å². The van der Waals surface area contributed by atoms with Gasteiger partial charge in [-0.15, -0.1) is 0 Å². The Kier molecular flexibility index (Phi) is 2.15. The third-order valence-electron chi connectivity index (χ3n) is 2.18. The van der Waals surface area contributed by atoms with Crippen LogP contribution in [0.1, 0.15) is 31.5 Å². The second-order valence-corrected chi connectivity index (χ2v) is 3.39. The fraction of sp³-hybridized carbons (Fsp3) is 0.556. The topological polar surface area (TPSA) is 87.0 Å². The van der Waals surface area contributed by atoms with Gasteiger partial charge in [-0.3, -0.25) is 0 Å². The van der Waals surface area contributed by atoms with Crippen LogP contribution in [0.25, 0.3) is 0 Å². The van der Waals surface area contributed by atoms with Crippen molar-refractivity contribution in [2.24, 2.45) is 0 Å². The number of hydrogen-bond donors (Lipinski definition) is 2. The Balaban J connectivity index is 2.35. The minimum atomic E-state index is 0.324. The van der Waals surface area contributed by atoms with Crippen molar-refractivity contribution in [2.75, 3.05) is 18.1 Å². The maximum absolute atomic E-state index is 5.68. The summed E-state index contributed by atoms with van der Waals surface area (Å²) in [7, 11) is 0. The van der Waals surface area contributed by atoms with Crippen LogP contribution in [-0.2, 0) is 0 Å². The van der Waals surface area contributed by atoms with Gasteiger partial charge in [-0.05, 0) is 19.8 Å². The van der Waals surface area contributed by atoms with E-state index in [1.807, 2.05) is 6.92 Å². The number of nitrogens with two attached hydrogens (primary N) is 2. The zero-order valence-corrected chi connectivity index (χ0v) is 8.16. The lowest BCUT2D eigenvalue weighted by Crippen LogP contribution is -2.07. The zero-order chi connectivity index (χ0) is 10.1. The van der Waals surface area contributed by atoms with Gasteiger partial charge in [0, 0.05) is 5.92 Å². The number of nitrogen functional groups attached to an aromatic ring is 2. The van der Waals surface area contributed by atoms with Crippen LogP contribution in [0.15, 0.2) is 0 Å². The molecule has 1 aliphatic rings. The van der Waals surface area contributed by atoms with Crippen molar-refractivity contribution < 1.29 is 4.74 Å². The molecule has 1 saturated carbocycles. The molecule has 14 heavy (non-hydrogen) atoms. The second kappa shape index (κ2) is 3.32. The van der Waals surface area contributed by atoms with Crippen molar-refractivity contribution in [1.82, 2.24) is 9.97 Å². The highest BCUT2D eigenvalue weighted by Crippen LogP contribution is 2.40. The molecule has 0 amide bonds. The van der Waals surface area contributed by atoms with E-state index in [9.17, 15) is 0 Å². The normalized spacial score (nSPS) is 15.5. The summed E-state index contributed by atoms with van der Waals surface area (Å²) < 4.78 is 5.28. The monoisotopic (exact) mass is 194 g/mol. The molecule has 0 spiro atoms. The lowest BCUT2D eigenvalue weighted by Gasteiger charge is -2.08. The number of aromatic nitrogens is 2. The van der Waals surface area contributed by atoms with E-state index < -0.39 is 0 Å². The second-order valence-electron chi connectivity index (χ2n) is 3.39. The molecule has 5 heteroatoms. The Labute approximate surface area is 82.5 Å². The van der Waals surface area contributed by atoms with Gasteiger partial charge in [0.25, 0.3) is 0 Å². The van der Waals surface area contributed by atoms with Crippen molar-refractivity contribution in [3.63, 3.8) is 0 Å². The Morgan fingerprint density at radius 3 is 2.64 bits per heavy atom. The Morgan fingerprint density at radius 1 is 1.36 bits per heavy atom. The molecule has 4 N–H and O–H groups in total. The molecule has 1 aliphatic carbocycles. The third kappa shape index (κ3) is 1.57. The average Bonchev–Trinajstić information content (AvgIpc) is 2.96. The predicted molar refractivity (Wildman–Crippen MR) is 54.0 cm³/mol. The standard InChI is InChI=1S/C9H14N4O/c1-2-14-9-6(10)7(11)12-8(13-9)5-3-4-5/h5H,2-4,10H2,1H3,(H2,11,12,13). The predicted octanol–water partition coefficient (Wildman–Crippen LogP) is 0.917. The van der Waals surface area contributed by atoms with Gasteiger partial charge in [0.15, 0.2) is 5.82 Å². The Hall–Kier alpha value is -1.52. The summed E-state index contributed by atoms with van der Waals surface area (Å²) in [6, 6.07) is 0. The molecular formula is C9H14N4O. The SMILES string of the molecule is CCOc1nc(C2CC2)nc(N)c1N. The zero-order valence-electron chi connectivity index (χ0n) is 8.16. The molecule has 0 aliphatic heterocycles. The number of anilines is 2. The van der Waals surface area contributed by atoms with Gasteiger partial charge < -0.3 is 16.2 Å². The summed E-state index contributed by atoms with van der Waals surface area (Å²) in [6.07, 6.45) is 2.27. The van der Waals surface area contributed by atoms with Crippen molar-refractivity contribution >= 4 is 11.5 Å². The van der Waals surface area contributed by atoms with E-state index in [2.05, 4.69) is 9.97 Å². The summed E-state index contributed by atoms with van der Waals surface area (Å²) in [5.74, 6) is 1.96. The maximum atomic E-state index is 5.68. The minimum Gasteiger partial charge on any atom is -0.476 e. The quantitative estimate of drug-likeness (QED) is 0.747. The molecule has 1 heterocycles. The highest BCUT2D eigenvalue weighted by atomic mass is 16.5. The largest absolute Gasteiger partial charge is 0.476 e. The van der Waals surface area contributed by atoms with Crippen molar-refractivity contribution in [1.29, 1.82) is 0 Å². The van der Waals surface area contributed by atoms with Crippen molar-refractivity contribution in [3.8, 4) is 5.88 Å². The van der Waals surface area contributed by atoms with Crippen LogP contribution in [0.4, 0.5) is 11.5 Å². The molecule has 2 rings (SSSR count). The van der Waals surface area contributed by atoms with Gasteiger partial charge >= 0.3 is 0 Å². The first-order valence-electron chi connectivity index (χ1n) is 4.78. The van der Waals surface area contributed by atoms with Crippen LogP contribution >= 0.6 is 0 Å². The summed E-state index contributed by atoms with van der Waals surface area (Å²) in [4.78, 5) is 8.39. The summed E-state index contributed by atoms with van der Waals surface area (Å²) in [6.45, 7) is 2.42. The Morgan fingerprint density at radius 2 is 2.07 bits per heavy atom. The van der Waals surface area contributed by atoms with Crippen LogP contribution < -0.4 is 16.2 Å². The van der Waals surface area contributed by atoms with Gasteiger partial charge in [-0.25, -0.2) is 4.98 Å². The van der Waals surface area contributed by atoms with Crippen LogP contribution in [0, 0.1) is 0 Å². The maximum Gasteiger partial charge on any atom is 0.242 e. The first-order chi connectivity index (χ1) is 6.72. The first kappa shape index (κ1) is 9.05. The van der Waals surface area contributed by atoms with Gasteiger partial charge in [-0.2, -0.15) is 4.98 Å². The van der Waals surface area contributed by atoms with Gasteiger partial charge in [0.1, 0.15) is 11.5 Å². The molecule has 0 saturated heterocycles. The Bertz CT molecular complexity index is 349. The highest BCUT2D eigenvalue weighted by molar-refractivity contribution is 5.64. The molecular weight excluding hydrogens is 180 g/mol. The minimum absolute atomic E-state index is 0.324. The molecule has 5 nitrogen and oxygen atoms in total. The number of rotatable bonds is 3. The van der Waals surface area contributed by atoms with E-state index in [1.165, 1.54) is 0 Å². The van der Waals surface area contributed by atoms with Crippen LogP contribution in [0.3, 0.4) is 0 Å².